The second-order valence-electron chi connectivity index (χ2n) is 6.18. The van der Waals surface area contributed by atoms with Crippen molar-refractivity contribution in [2.45, 2.75) is 32.4 Å². The molecule has 0 saturated carbocycles. The van der Waals surface area contributed by atoms with Gasteiger partial charge in [0.25, 0.3) is 5.91 Å². The first-order valence-corrected chi connectivity index (χ1v) is 9.59. The summed E-state index contributed by atoms with van der Waals surface area (Å²) in [7, 11) is 1.76. The van der Waals surface area contributed by atoms with Gasteiger partial charge in [0.2, 0.25) is 5.91 Å². The Balaban J connectivity index is 2.05. The maximum atomic E-state index is 12.4. The van der Waals surface area contributed by atoms with E-state index in [1.165, 1.54) is 0 Å². The Labute approximate surface area is 152 Å². The van der Waals surface area contributed by atoms with Crippen LogP contribution >= 0.6 is 23.4 Å². The molecule has 2 N–H and O–H groups in total. The van der Waals surface area contributed by atoms with Crippen molar-refractivity contribution in [3.8, 4) is 0 Å². The maximum Gasteiger partial charge on any atom is 0.253 e. The molecule has 0 radical (unpaired) electrons. The van der Waals surface area contributed by atoms with Crippen molar-refractivity contribution in [3.05, 3.63) is 28.8 Å². The van der Waals surface area contributed by atoms with Gasteiger partial charge in [-0.25, -0.2) is 0 Å². The summed E-state index contributed by atoms with van der Waals surface area (Å²) in [6.45, 7) is 4.83. The molecule has 5 nitrogen and oxygen atoms in total. The minimum Gasteiger partial charge on any atom is -0.339 e. The third-order valence-electron chi connectivity index (χ3n) is 4.01. The lowest BCUT2D eigenvalue weighted by Gasteiger charge is -2.23. The van der Waals surface area contributed by atoms with E-state index in [1.54, 1.807) is 30.1 Å². The highest BCUT2D eigenvalue weighted by atomic mass is 35.5. The van der Waals surface area contributed by atoms with Gasteiger partial charge in [-0.1, -0.05) is 11.6 Å². The standard InChI is InChI=1S/C17H24ClN3O2S/c1-11(2)21(3)17(23)12-4-5-14(18)15(8-12)20-16(22)9-13-10-24-7-6-19-13/h4-5,8,11,13,19H,6-7,9-10H2,1-3H3,(H,20,22). The van der Waals surface area contributed by atoms with Crippen molar-refractivity contribution in [3.63, 3.8) is 0 Å². The zero-order chi connectivity index (χ0) is 17.7. The molecule has 0 bridgehead atoms. The predicted octanol–water partition coefficient (Wildman–Crippen LogP) is 2.85. The monoisotopic (exact) mass is 369 g/mol. The lowest BCUT2D eigenvalue weighted by molar-refractivity contribution is -0.116. The number of carbonyl (C=O) groups excluding carboxylic acids is 2. The van der Waals surface area contributed by atoms with E-state index in [9.17, 15) is 9.59 Å². The van der Waals surface area contributed by atoms with Crippen LogP contribution in [-0.4, -0.2) is 53.9 Å². The average molecular weight is 370 g/mol. The van der Waals surface area contributed by atoms with E-state index in [1.807, 2.05) is 25.6 Å². The number of nitrogens with one attached hydrogen (secondary N) is 2. The van der Waals surface area contributed by atoms with Gasteiger partial charge in [-0.05, 0) is 32.0 Å². The van der Waals surface area contributed by atoms with E-state index >= 15 is 0 Å². The van der Waals surface area contributed by atoms with E-state index in [2.05, 4.69) is 10.6 Å². The Bertz CT molecular complexity index is 603. The van der Waals surface area contributed by atoms with Crippen molar-refractivity contribution in [1.29, 1.82) is 0 Å². The van der Waals surface area contributed by atoms with E-state index in [0.29, 0.717) is 22.7 Å². The Morgan fingerprint density at radius 3 is 2.83 bits per heavy atom. The van der Waals surface area contributed by atoms with E-state index in [-0.39, 0.29) is 23.9 Å². The van der Waals surface area contributed by atoms with Crippen molar-refractivity contribution in [2.75, 3.05) is 30.4 Å². The lowest BCUT2D eigenvalue weighted by Crippen LogP contribution is -2.40. The van der Waals surface area contributed by atoms with Gasteiger partial charge in [-0.2, -0.15) is 11.8 Å². The third kappa shape index (κ3) is 5.13. The molecule has 0 spiro atoms. The van der Waals surface area contributed by atoms with Crippen LogP contribution in [0.25, 0.3) is 0 Å². The molecule has 1 atom stereocenters. The first kappa shape index (κ1) is 19.1. The smallest absolute Gasteiger partial charge is 0.253 e. The van der Waals surface area contributed by atoms with Crippen LogP contribution in [0.1, 0.15) is 30.6 Å². The number of hydrogen-bond donors (Lipinski definition) is 2. The summed E-state index contributed by atoms with van der Waals surface area (Å²) in [5.74, 6) is 1.82. The van der Waals surface area contributed by atoms with Crippen LogP contribution in [0.2, 0.25) is 5.02 Å². The number of rotatable bonds is 5. The zero-order valence-electron chi connectivity index (χ0n) is 14.3. The molecule has 1 aliphatic rings. The Morgan fingerprint density at radius 1 is 1.46 bits per heavy atom. The SMILES string of the molecule is CC(C)N(C)C(=O)c1ccc(Cl)c(NC(=O)CC2CSCCN2)c1. The Hall–Kier alpha value is -1.24. The molecule has 132 valence electrons. The first-order valence-electron chi connectivity index (χ1n) is 8.06. The van der Waals surface area contributed by atoms with Crippen LogP contribution < -0.4 is 10.6 Å². The number of amides is 2. The summed E-state index contributed by atoms with van der Waals surface area (Å²) in [6, 6.07) is 5.25. The molecule has 7 heteroatoms. The van der Waals surface area contributed by atoms with Crippen LogP contribution in [-0.2, 0) is 4.79 Å². The second kappa shape index (κ2) is 8.74. The van der Waals surface area contributed by atoms with Gasteiger partial charge >= 0.3 is 0 Å². The molecular formula is C17H24ClN3O2S. The molecule has 2 rings (SSSR count). The summed E-state index contributed by atoms with van der Waals surface area (Å²) < 4.78 is 0. The van der Waals surface area contributed by atoms with Gasteiger partial charge in [0.15, 0.2) is 0 Å². The average Bonchev–Trinajstić information content (AvgIpc) is 2.56. The molecule has 1 aliphatic heterocycles. The number of carbonyl (C=O) groups is 2. The molecule has 2 amide bonds. The van der Waals surface area contributed by atoms with E-state index in [0.717, 1.165) is 18.1 Å². The molecule has 1 fully saturated rings. The summed E-state index contributed by atoms with van der Waals surface area (Å²) in [4.78, 5) is 26.3. The van der Waals surface area contributed by atoms with Crippen LogP contribution in [0.4, 0.5) is 5.69 Å². The zero-order valence-corrected chi connectivity index (χ0v) is 15.8. The molecule has 1 heterocycles. The summed E-state index contributed by atoms with van der Waals surface area (Å²) >= 11 is 8.02. The molecule has 0 aliphatic carbocycles. The lowest BCUT2D eigenvalue weighted by atomic mass is 10.1. The number of hydrogen-bond acceptors (Lipinski definition) is 4. The predicted molar refractivity (Wildman–Crippen MR) is 101 cm³/mol. The van der Waals surface area contributed by atoms with E-state index < -0.39 is 0 Å². The van der Waals surface area contributed by atoms with Gasteiger partial charge in [-0.15, -0.1) is 0 Å². The summed E-state index contributed by atoms with van der Waals surface area (Å²) in [6.07, 6.45) is 0.396. The van der Waals surface area contributed by atoms with Crippen LogP contribution in [0, 0.1) is 0 Å². The van der Waals surface area contributed by atoms with Gasteiger partial charge in [0.1, 0.15) is 0 Å². The maximum absolute atomic E-state index is 12.4. The highest BCUT2D eigenvalue weighted by Crippen LogP contribution is 2.24. The topological polar surface area (TPSA) is 61.4 Å². The number of halogens is 1. The largest absolute Gasteiger partial charge is 0.339 e. The fourth-order valence-electron chi connectivity index (χ4n) is 2.37. The minimum absolute atomic E-state index is 0.0949. The molecule has 1 unspecified atom stereocenters. The van der Waals surface area contributed by atoms with Crippen molar-refractivity contribution in [2.24, 2.45) is 0 Å². The van der Waals surface area contributed by atoms with Gasteiger partial charge in [-0.3, -0.25) is 9.59 Å². The van der Waals surface area contributed by atoms with Gasteiger partial charge in [0, 0.05) is 49.2 Å². The molecule has 1 saturated heterocycles. The van der Waals surface area contributed by atoms with Crippen LogP contribution in [0.5, 0.6) is 0 Å². The minimum atomic E-state index is -0.0984. The highest BCUT2D eigenvalue weighted by Gasteiger charge is 2.19. The molecule has 0 aromatic heterocycles. The van der Waals surface area contributed by atoms with Crippen LogP contribution in [0.3, 0.4) is 0 Å². The quantitative estimate of drug-likeness (QED) is 0.837. The molecule has 24 heavy (non-hydrogen) atoms. The molecular weight excluding hydrogens is 346 g/mol. The molecule has 1 aromatic carbocycles. The Morgan fingerprint density at radius 2 is 2.21 bits per heavy atom. The first-order chi connectivity index (χ1) is 11.4. The fraction of sp³-hybridized carbons (Fsp3) is 0.529. The second-order valence-corrected chi connectivity index (χ2v) is 7.74. The fourth-order valence-corrected chi connectivity index (χ4v) is 3.48. The van der Waals surface area contributed by atoms with Crippen molar-refractivity contribution >= 4 is 40.9 Å². The highest BCUT2D eigenvalue weighted by molar-refractivity contribution is 7.99. The number of benzene rings is 1. The number of anilines is 1. The third-order valence-corrected chi connectivity index (χ3v) is 5.47. The van der Waals surface area contributed by atoms with E-state index in [4.69, 9.17) is 11.6 Å². The normalized spacial score (nSPS) is 17.6. The van der Waals surface area contributed by atoms with Crippen molar-refractivity contribution < 1.29 is 9.59 Å². The molecule has 1 aromatic rings. The van der Waals surface area contributed by atoms with Crippen LogP contribution in [0.15, 0.2) is 18.2 Å². The summed E-state index contributed by atoms with van der Waals surface area (Å²) in [5, 5.41) is 6.59. The number of thioether (sulfide) groups is 1. The van der Waals surface area contributed by atoms with Gasteiger partial charge < -0.3 is 15.5 Å². The Kier molecular flexibility index (Phi) is 6.95. The summed E-state index contributed by atoms with van der Waals surface area (Å²) in [5.41, 5.74) is 0.991. The van der Waals surface area contributed by atoms with Crippen molar-refractivity contribution in [1.82, 2.24) is 10.2 Å². The number of nitrogens with zero attached hydrogens (tertiary/aromatic N) is 1. The van der Waals surface area contributed by atoms with Gasteiger partial charge in [0.05, 0.1) is 10.7 Å².